The number of hydrogen-bond acceptors (Lipinski definition) is 6. The largest absolute Gasteiger partial charge is 0.503 e. The molecular formula is C18H23ClN2O6. The first-order valence-corrected chi connectivity index (χ1v) is 8.75. The number of carbonyl (C=O) groups excluding carboxylic acids is 2. The first kappa shape index (κ1) is 20.9. The zero-order chi connectivity index (χ0) is 20.1. The topological polar surface area (TPSA) is 97.3 Å². The summed E-state index contributed by atoms with van der Waals surface area (Å²) in [6.45, 7) is 4.39. The van der Waals surface area contributed by atoms with Crippen molar-refractivity contribution in [2.75, 3.05) is 34.0 Å². The number of aromatic hydroxyl groups is 1. The Morgan fingerprint density at radius 2 is 2.07 bits per heavy atom. The maximum atomic E-state index is 12.7. The molecule has 148 valence electrons. The van der Waals surface area contributed by atoms with Crippen LogP contribution in [-0.2, 0) is 14.3 Å². The summed E-state index contributed by atoms with van der Waals surface area (Å²) in [6.07, 6.45) is 0. The summed E-state index contributed by atoms with van der Waals surface area (Å²) < 4.78 is 15.6. The second-order valence-electron chi connectivity index (χ2n) is 5.83. The van der Waals surface area contributed by atoms with Crippen molar-refractivity contribution in [1.29, 1.82) is 0 Å². The van der Waals surface area contributed by atoms with E-state index in [1.54, 1.807) is 14.0 Å². The van der Waals surface area contributed by atoms with E-state index in [9.17, 15) is 14.7 Å². The lowest BCUT2D eigenvalue weighted by Gasteiger charge is -2.33. The van der Waals surface area contributed by atoms with Crippen LogP contribution in [0.5, 0.6) is 11.5 Å². The van der Waals surface area contributed by atoms with Crippen LogP contribution in [0.2, 0.25) is 5.02 Å². The molecule has 0 fully saturated rings. The minimum Gasteiger partial charge on any atom is -0.503 e. The number of esters is 1. The van der Waals surface area contributed by atoms with Crippen LogP contribution >= 0.6 is 11.6 Å². The number of allylic oxidation sites excluding steroid dienone is 1. The van der Waals surface area contributed by atoms with Gasteiger partial charge in [-0.15, -0.1) is 0 Å². The number of hydrogen-bond donors (Lipinski definition) is 2. The lowest BCUT2D eigenvalue weighted by molar-refractivity contribution is -0.141. The van der Waals surface area contributed by atoms with Crippen LogP contribution in [0.4, 0.5) is 4.79 Å². The number of nitrogens with one attached hydrogen (secondary N) is 1. The summed E-state index contributed by atoms with van der Waals surface area (Å²) in [5.74, 6) is -0.664. The van der Waals surface area contributed by atoms with Crippen molar-refractivity contribution < 1.29 is 28.9 Å². The Morgan fingerprint density at radius 1 is 1.37 bits per heavy atom. The van der Waals surface area contributed by atoms with E-state index < -0.39 is 12.0 Å². The van der Waals surface area contributed by atoms with Gasteiger partial charge in [0, 0.05) is 19.4 Å². The fourth-order valence-electron chi connectivity index (χ4n) is 2.68. The van der Waals surface area contributed by atoms with Crippen LogP contribution in [0.15, 0.2) is 23.4 Å². The SMILES string of the molecule is CCOCCOC(=O)C1=C(C)N(C)C(=O)N[C@H]1c1cc(Cl)c(O)c(OC)c1. The second-order valence-corrected chi connectivity index (χ2v) is 6.23. The fourth-order valence-corrected chi connectivity index (χ4v) is 2.90. The number of amides is 2. The van der Waals surface area contributed by atoms with Gasteiger partial charge in [-0.05, 0) is 31.5 Å². The molecule has 1 heterocycles. The third-order valence-electron chi connectivity index (χ3n) is 4.24. The number of urea groups is 1. The van der Waals surface area contributed by atoms with Crippen molar-refractivity contribution in [2.45, 2.75) is 19.9 Å². The van der Waals surface area contributed by atoms with Gasteiger partial charge >= 0.3 is 12.0 Å². The Balaban J connectivity index is 2.42. The number of benzene rings is 1. The Labute approximate surface area is 162 Å². The van der Waals surface area contributed by atoms with Gasteiger partial charge in [-0.1, -0.05) is 11.6 Å². The van der Waals surface area contributed by atoms with Crippen LogP contribution in [0, 0.1) is 0 Å². The van der Waals surface area contributed by atoms with Crippen LogP contribution in [0.3, 0.4) is 0 Å². The molecule has 2 N–H and O–H groups in total. The molecular weight excluding hydrogens is 376 g/mol. The summed E-state index contributed by atoms with van der Waals surface area (Å²) in [6, 6.07) is 1.79. The Morgan fingerprint density at radius 3 is 2.70 bits per heavy atom. The molecule has 2 amide bonds. The van der Waals surface area contributed by atoms with E-state index in [-0.39, 0.29) is 41.3 Å². The molecule has 1 aliphatic rings. The zero-order valence-corrected chi connectivity index (χ0v) is 16.4. The van der Waals surface area contributed by atoms with Crippen LogP contribution in [0.25, 0.3) is 0 Å². The molecule has 0 spiro atoms. The normalized spacial score (nSPS) is 17.0. The predicted octanol–water partition coefficient (Wildman–Crippen LogP) is 2.60. The number of halogens is 1. The molecule has 9 heteroatoms. The molecule has 0 bridgehead atoms. The number of nitrogens with zero attached hydrogens (tertiary/aromatic N) is 1. The van der Waals surface area contributed by atoms with E-state index in [2.05, 4.69) is 5.32 Å². The smallest absolute Gasteiger partial charge is 0.338 e. The highest BCUT2D eigenvalue weighted by Crippen LogP contribution is 2.39. The van der Waals surface area contributed by atoms with E-state index in [0.717, 1.165) is 0 Å². The number of phenols is 1. The maximum absolute atomic E-state index is 12.7. The summed E-state index contributed by atoms with van der Waals surface area (Å²) in [5.41, 5.74) is 1.19. The quantitative estimate of drug-likeness (QED) is 0.541. The molecule has 1 atom stereocenters. The molecule has 1 aromatic carbocycles. The molecule has 0 aromatic heterocycles. The van der Waals surface area contributed by atoms with Gasteiger partial charge < -0.3 is 29.5 Å². The number of carbonyl (C=O) groups is 2. The Hall–Kier alpha value is -2.45. The molecule has 0 unspecified atom stereocenters. The number of phenolic OH excluding ortho intramolecular Hbond substituents is 1. The third-order valence-corrected chi connectivity index (χ3v) is 4.53. The van der Waals surface area contributed by atoms with Gasteiger partial charge in [0.2, 0.25) is 0 Å². The van der Waals surface area contributed by atoms with Gasteiger partial charge in [-0.2, -0.15) is 0 Å². The molecule has 1 aliphatic heterocycles. The average molecular weight is 399 g/mol. The zero-order valence-electron chi connectivity index (χ0n) is 15.7. The Bertz CT molecular complexity index is 764. The Kier molecular flexibility index (Phi) is 6.92. The van der Waals surface area contributed by atoms with Crippen molar-refractivity contribution in [2.24, 2.45) is 0 Å². The molecule has 2 rings (SSSR count). The molecule has 0 saturated carbocycles. The molecule has 27 heavy (non-hydrogen) atoms. The molecule has 0 saturated heterocycles. The standard InChI is InChI=1S/C18H23ClN2O6/c1-5-26-6-7-27-17(23)14-10(2)21(3)18(24)20-15(14)11-8-12(19)16(22)13(9-11)25-4/h8-9,15,22H,5-7H2,1-4H3,(H,20,24)/t15-/m0/s1. The minimum absolute atomic E-state index is 0.0410. The van der Waals surface area contributed by atoms with Crippen molar-refractivity contribution >= 4 is 23.6 Å². The van der Waals surface area contributed by atoms with Gasteiger partial charge in [0.15, 0.2) is 11.5 Å². The first-order chi connectivity index (χ1) is 12.8. The van der Waals surface area contributed by atoms with Crippen molar-refractivity contribution in [3.8, 4) is 11.5 Å². The lowest BCUT2D eigenvalue weighted by Crippen LogP contribution is -2.46. The van der Waals surface area contributed by atoms with Gasteiger partial charge in [0.25, 0.3) is 0 Å². The second kappa shape index (κ2) is 8.96. The van der Waals surface area contributed by atoms with Crippen molar-refractivity contribution in [3.05, 3.63) is 34.0 Å². The van der Waals surface area contributed by atoms with E-state index >= 15 is 0 Å². The van der Waals surface area contributed by atoms with Crippen LogP contribution < -0.4 is 10.1 Å². The van der Waals surface area contributed by atoms with E-state index in [0.29, 0.717) is 17.9 Å². The maximum Gasteiger partial charge on any atom is 0.338 e. The monoisotopic (exact) mass is 398 g/mol. The summed E-state index contributed by atoms with van der Waals surface area (Å²) in [7, 11) is 2.94. The summed E-state index contributed by atoms with van der Waals surface area (Å²) >= 11 is 6.06. The van der Waals surface area contributed by atoms with Crippen molar-refractivity contribution in [3.63, 3.8) is 0 Å². The fraction of sp³-hybridized carbons (Fsp3) is 0.444. The van der Waals surface area contributed by atoms with Crippen molar-refractivity contribution in [1.82, 2.24) is 10.2 Å². The minimum atomic E-state index is -0.805. The van der Waals surface area contributed by atoms with Gasteiger partial charge in [-0.3, -0.25) is 0 Å². The van der Waals surface area contributed by atoms with Gasteiger partial charge in [0.05, 0.1) is 30.4 Å². The van der Waals surface area contributed by atoms with Crippen LogP contribution in [-0.4, -0.2) is 56.0 Å². The van der Waals surface area contributed by atoms with E-state index in [4.69, 9.17) is 25.8 Å². The molecule has 0 aliphatic carbocycles. The highest BCUT2D eigenvalue weighted by Gasteiger charge is 2.35. The van der Waals surface area contributed by atoms with Gasteiger partial charge in [0.1, 0.15) is 6.61 Å². The number of rotatable bonds is 7. The molecule has 0 radical (unpaired) electrons. The average Bonchev–Trinajstić information content (AvgIpc) is 2.64. The highest BCUT2D eigenvalue weighted by molar-refractivity contribution is 6.32. The summed E-state index contributed by atoms with van der Waals surface area (Å²) in [4.78, 5) is 26.3. The predicted molar refractivity (Wildman–Crippen MR) is 98.9 cm³/mol. The first-order valence-electron chi connectivity index (χ1n) is 8.38. The van der Waals surface area contributed by atoms with Crippen LogP contribution in [0.1, 0.15) is 25.5 Å². The van der Waals surface area contributed by atoms with Gasteiger partial charge in [-0.25, -0.2) is 9.59 Å². The lowest BCUT2D eigenvalue weighted by atomic mass is 9.94. The van der Waals surface area contributed by atoms with E-state index in [1.165, 1.54) is 24.1 Å². The molecule has 1 aromatic rings. The van der Waals surface area contributed by atoms with E-state index in [1.807, 2.05) is 6.92 Å². The number of ether oxygens (including phenoxy) is 3. The summed E-state index contributed by atoms with van der Waals surface area (Å²) in [5, 5.41) is 12.7. The molecule has 8 nitrogen and oxygen atoms in total. The highest BCUT2D eigenvalue weighted by atomic mass is 35.5. The third kappa shape index (κ3) is 4.45. The number of methoxy groups -OCH3 is 1.